The van der Waals surface area contributed by atoms with Crippen molar-refractivity contribution >= 4 is 23.8 Å². The van der Waals surface area contributed by atoms with E-state index in [2.05, 4.69) is 16.0 Å². The van der Waals surface area contributed by atoms with Gasteiger partial charge in [-0.25, -0.2) is 4.79 Å². The van der Waals surface area contributed by atoms with E-state index in [0.29, 0.717) is 32.1 Å². The van der Waals surface area contributed by atoms with Gasteiger partial charge >= 0.3 is 12.0 Å². The maximum atomic E-state index is 12.8. The molecule has 1 fully saturated rings. The second-order valence-electron chi connectivity index (χ2n) is 8.98. The van der Waals surface area contributed by atoms with E-state index in [1.54, 1.807) is 0 Å². The Morgan fingerprint density at radius 3 is 2.71 bits per heavy atom. The van der Waals surface area contributed by atoms with Gasteiger partial charge in [-0.3, -0.25) is 19.7 Å². The number of hydrogen-bond donors (Lipinski definition) is 4. The number of fused-ring (bicyclic) bond motifs is 2. The molecule has 0 spiro atoms. The van der Waals surface area contributed by atoms with Crippen molar-refractivity contribution in [3.8, 4) is 0 Å². The van der Waals surface area contributed by atoms with Crippen LogP contribution in [0.3, 0.4) is 0 Å². The van der Waals surface area contributed by atoms with E-state index in [9.17, 15) is 24.3 Å². The van der Waals surface area contributed by atoms with Crippen LogP contribution in [0.1, 0.15) is 37.7 Å². The number of amides is 4. The standard InChI is InChI=1S/C25H34N4O6/c30-22(31)16-20(14-18-7-5-8-18)23(32)28-25(34)27-21-15-19-6-3-1-2-4-10-29(17-19)11-13-35-12-9-26-24(21)33/h1-4,6,10,17-18,20-21H,5,7-9,11-16H2,(H,26,33)(H,30,31)(H2,27,28,32,34)/t20-,21?/m1/s1. The highest BCUT2D eigenvalue weighted by Crippen LogP contribution is 2.33. The number of hydrogen-bond acceptors (Lipinski definition) is 5. The minimum absolute atomic E-state index is 0.198. The van der Waals surface area contributed by atoms with Crippen molar-refractivity contribution in [1.29, 1.82) is 0 Å². The van der Waals surface area contributed by atoms with Crippen LogP contribution in [0.2, 0.25) is 0 Å². The lowest BCUT2D eigenvalue weighted by Gasteiger charge is -2.28. The van der Waals surface area contributed by atoms with Crippen molar-refractivity contribution in [2.75, 3.05) is 19.8 Å². The third-order valence-electron chi connectivity index (χ3n) is 6.23. The van der Waals surface area contributed by atoms with Crippen LogP contribution in [0.4, 0.5) is 4.79 Å². The molecule has 2 aliphatic rings. The van der Waals surface area contributed by atoms with E-state index in [-0.39, 0.29) is 19.4 Å². The third-order valence-corrected chi connectivity index (χ3v) is 6.23. The molecule has 0 saturated heterocycles. The Kier molecular flexibility index (Phi) is 10.1. The number of carboxylic acids is 1. The van der Waals surface area contributed by atoms with Gasteiger partial charge in [0.05, 0.1) is 19.6 Å². The van der Waals surface area contributed by atoms with Crippen LogP contribution in [-0.2, 0) is 32.1 Å². The Balaban J connectivity index is 1.73. The first-order valence-electron chi connectivity index (χ1n) is 12.1. The molecular weight excluding hydrogens is 452 g/mol. The molecule has 0 aromatic carbocycles. The maximum Gasteiger partial charge on any atom is 0.322 e. The van der Waals surface area contributed by atoms with Crippen LogP contribution in [-0.4, -0.2) is 59.3 Å². The predicted octanol–water partition coefficient (Wildman–Crippen LogP) is 1.78. The fourth-order valence-electron chi connectivity index (χ4n) is 4.15. The zero-order valence-corrected chi connectivity index (χ0v) is 19.8. The number of imide groups is 1. The van der Waals surface area contributed by atoms with E-state index >= 15 is 0 Å². The molecule has 35 heavy (non-hydrogen) atoms. The molecule has 1 saturated carbocycles. The van der Waals surface area contributed by atoms with Gasteiger partial charge in [0, 0.05) is 37.8 Å². The highest BCUT2D eigenvalue weighted by Gasteiger charge is 2.30. The number of carboxylic acid groups (broad SMARTS) is 1. The third kappa shape index (κ3) is 9.05. The molecular formula is C25H34N4O6. The Morgan fingerprint density at radius 2 is 1.97 bits per heavy atom. The number of nitrogens with one attached hydrogen (secondary N) is 3. The topological polar surface area (TPSA) is 139 Å². The summed E-state index contributed by atoms with van der Waals surface area (Å²) in [6.45, 7) is 1.72. The molecule has 3 rings (SSSR count). The molecule has 2 atom stereocenters. The van der Waals surface area contributed by atoms with Gasteiger partial charge in [-0.15, -0.1) is 0 Å². The second kappa shape index (κ2) is 13.5. The first-order chi connectivity index (χ1) is 16.9. The molecule has 1 aliphatic heterocycles. The summed E-state index contributed by atoms with van der Waals surface area (Å²) in [5.41, 5.74) is 0.794. The Labute approximate surface area is 204 Å². The summed E-state index contributed by atoms with van der Waals surface area (Å²) < 4.78 is 7.52. The van der Waals surface area contributed by atoms with Gasteiger partial charge in [0.2, 0.25) is 11.8 Å². The average molecular weight is 487 g/mol. The number of carbonyl (C=O) groups is 4. The summed E-state index contributed by atoms with van der Waals surface area (Å²) >= 11 is 0. The molecule has 4 amide bonds. The molecule has 1 aromatic rings. The minimum Gasteiger partial charge on any atom is -0.481 e. The Bertz CT molecular complexity index is 957. The number of aromatic nitrogens is 1. The number of nitrogens with zero attached hydrogens (tertiary/aromatic N) is 1. The van der Waals surface area contributed by atoms with Crippen LogP contribution < -0.4 is 16.0 Å². The van der Waals surface area contributed by atoms with E-state index < -0.39 is 35.8 Å². The minimum atomic E-state index is -1.09. The molecule has 1 unspecified atom stereocenters. The number of ether oxygens (including phenoxy) is 1. The van der Waals surface area contributed by atoms with E-state index in [1.165, 1.54) is 0 Å². The molecule has 10 heteroatoms. The van der Waals surface area contributed by atoms with Crippen LogP contribution in [0.5, 0.6) is 0 Å². The summed E-state index contributed by atoms with van der Waals surface area (Å²) in [6.07, 6.45) is 7.08. The zero-order valence-electron chi connectivity index (χ0n) is 19.8. The molecule has 10 nitrogen and oxygen atoms in total. The van der Waals surface area contributed by atoms with Gasteiger partial charge < -0.3 is 25.0 Å². The van der Waals surface area contributed by atoms with Crippen LogP contribution in [0.25, 0.3) is 0 Å². The van der Waals surface area contributed by atoms with Gasteiger partial charge in [-0.05, 0) is 24.0 Å². The molecule has 190 valence electrons. The molecule has 1 aliphatic carbocycles. The fraction of sp³-hybridized carbons (Fsp3) is 0.520. The van der Waals surface area contributed by atoms with Crippen molar-refractivity contribution in [2.24, 2.45) is 11.8 Å². The lowest BCUT2D eigenvalue weighted by molar-refractivity contribution is -0.141. The van der Waals surface area contributed by atoms with E-state index in [1.807, 2.05) is 47.3 Å². The van der Waals surface area contributed by atoms with E-state index in [4.69, 9.17) is 4.74 Å². The first-order valence-corrected chi connectivity index (χ1v) is 12.1. The Morgan fingerprint density at radius 1 is 1.17 bits per heavy atom. The van der Waals surface area contributed by atoms with Gasteiger partial charge in [0.1, 0.15) is 6.04 Å². The first kappa shape index (κ1) is 26.2. The van der Waals surface area contributed by atoms with Gasteiger partial charge in [-0.1, -0.05) is 43.5 Å². The zero-order chi connectivity index (χ0) is 25.0. The molecule has 0 radical (unpaired) electrons. The van der Waals surface area contributed by atoms with Crippen molar-refractivity contribution in [2.45, 2.75) is 51.1 Å². The summed E-state index contributed by atoms with van der Waals surface area (Å²) in [5, 5.41) is 16.8. The fourth-order valence-corrected chi connectivity index (χ4v) is 4.15. The van der Waals surface area contributed by atoms with Crippen molar-refractivity contribution in [1.82, 2.24) is 20.5 Å². The van der Waals surface area contributed by atoms with Gasteiger partial charge in [0.15, 0.2) is 0 Å². The lowest BCUT2D eigenvalue weighted by atomic mass is 9.78. The summed E-state index contributed by atoms with van der Waals surface area (Å²) in [4.78, 5) is 49.5. The summed E-state index contributed by atoms with van der Waals surface area (Å²) in [7, 11) is 0. The van der Waals surface area contributed by atoms with Crippen molar-refractivity contribution in [3.63, 3.8) is 0 Å². The quantitative estimate of drug-likeness (QED) is 0.483. The number of urea groups is 1. The lowest BCUT2D eigenvalue weighted by Crippen LogP contribution is -2.53. The van der Waals surface area contributed by atoms with Gasteiger partial charge in [0.25, 0.3) is 0 Å². The van der Waals surface area contributed by atoms with Crippen LogP contribution >= 0.6 is 0 Å². The highest BCUT2D eigenvalue weighted by molar-refractivity contribution is 5.98. The maximum absolute atomic E-state index is 12.8. The molecule has 4 N–H and O–H groups in total. The van der Waals surface area contributed by atoms with Gasteiger partial charge in [-0.2, -0.15) is 0 Å². The van der Waals surface area contributed by atoms with Crippen molar-refractivity contribution < 1.29 is 29.0 Å². The average Bonchev–Trinajstić information content (AvgIpc) is 2.88. The number of aliphatic carboxylic acids is 1. The SMILES string of the molecule is O=C(O)C[C@@H](CC1CCC1)C(=O)NC(=O)NC1Cc2ccccccn(c2)CCOCCNC1=O. The number of carbonyl (C=O) groups excluding carboxylic acids is 3. The predicted molar refractivity (Wildman–Crippen MR) is 128 cm³/mol. The summed E-state index contributed by atoms with van der Waals surface area (Å²) in [5.74, 6) is -2.61. The molecule has 2 bridgehead atoms. The van der Waals surface area contributed by atoms with Crippen LogP contribution in [0.15, 0.2) is 42.7 Å². The number of rotatable bonds is 6. The van der Waals surface area contributed by atoms with Crippen molar-refractivity contribution in [3.05, 3.63) is 48.3 Å². The van der Waals surface area contributed by atoms with E-state index in [0.717, 1.165) is 24.8 Å². The highest BCUT2D eigenvalue weighted by atomic mass is 16.5. The second-order valence-corrected chi connectivity index (χ2v) is 8.98. The normalized spacial score (nSPS) is 19.4. The largest absolute Gasteiger partial charge is 0.481 e. The summed E-state index contributed by atoms with van der Waals surface area (Å²) in [6, 6.07) is 7.57. The smallest absolute Gasteiger partial charge is 0.322 e. The van der Waals surface area contributed by atoms with Crippen LogP contribution in [0, 0.1) is 11.8 Å². The molecule has 1 aromatic heterocycles. The monoisotopic (exact) mass is 486 g/mol. The molecule has 2 heterocycles. The Hall–Kier alpha value is -3.40.